The maximum Gasteiger partial charge on any atom is 0.229 e. The monoisotopic (exact) mass is 447 g/mol. The van der Waals surface area contributed by atoms with E-state index in [-0.39, 0.29) is 46.8 Å². The lowest BCUT2D eigenvalue weighted by atomic mass is 9.53. The van der Waals surface area contributed by atoms with Crippen LogP contribution in [-0.2, 0) is 16.0 Å². The first-order chi connectivity index (χ1) is 14.7. The van der Waals surface area contributed by atoms with Crippen LogP contribution in [0.1, 0.15) is 76.8 Å². The lowest BCUT2D eigenvalue weighted by Gasteiger charge is -2.53. The molecule has 172 valence electrons. The first kappa shape index (κ1) is 22.7. The fourth-order valence-electron chi connectivity index (χ4n) is 6.16. The number of nitrogens with one attached hydrogen (secondary N) is 1. The Kier molecular flexibility index (Phi) is 6.21. The molecule has 1 aromatic rings. The summed E-state index contributed by atoms with van der Waals surface area (Å²) in [6.07, 6.45) is 4.19. The normalized spacial score (nSPS) is 33.2. The van der Waals surface area contributed by atoms with Crippen LogP contribution in [0.5, 0.6) is 0 Å². The number of aliphatic hydroxyl groups is 1. The minimum atomic E-state index is -0.525. The van der Waals surface area contributed by atoms with Crippen LogP contribution in [-0.4, -0.2) is 46.0 Å². The van der Waals surface area contributed by atoms with Crippen molar-refractivity contribution in [2.75, 3.05) is 18.4 Å². The van der Waals surface area contributed by atoms with Crippen molar-refractivity contribution in [1.29, 1.82) is 0 Å². The molecule has 7 heteroatoms. The Bertz CT molecular complexity index is 847. The van der Waals surface area contributed by atoms with Crippen LogP contribution < -0.4 is 5.32 Å². The molecule has 2 saturated carbocycles. The molecule has 2 fully saturated rings. The predicted molar refractivity (Wildman–Crippen MR) is 123 cm³/mol. The van der Waals surface area contributed by atoms with Gasteiger partial charge in [0.1, 0.15) is 0 Å². The van der Waals surface area contributed by atoms with Crippen molar-refractivity contribution in [2.24, 2.45) is 29.1 Å². The number of carbonyl (C=O) groups is 2. The molecule has 2 amide bonds. The Balaban J connectivity index is 1.55. The highest BCUT2D eigenvalue weighted by Gasteiger charge is 2.54. The third kappa shape index (κ3) is 4.04. The maximum absolute atomic E-state index is 13.0. The van der Waals surface area contributed by atoms with Gasteiger partial charge in [0, 0.05) is 35.7 Å². The summed E-state index contributed by atoms with van der Waals surface area (Å²) in [5, 5.41) is 15.3. The van der Waals surface area contributed by atoms with Crippen molar-refractivity contribution in [2.45, 2.75) is 78.7 Å². The van der Waals surface area contributed by atoms with E-state index in [9.17, 15) is 14.7 Å². The number of amides is 2. The van der Waals surface area contributed by atoms with Gasteiger partial charge in [-0.1, -0.05) is 20.8 Å². The van der Waals surface area contributed by atoms with Crippen LogP contribution in [0.15, 0.2) is 0 Å². The fraction of sp³-hybridized carbons (Fsp3) is 0.792. The van der Waals surface area contributed by atoms with Gasteiger partial charge < -0.3 is 15.3 Å². The van der Waals surface area contributed by atoms with E-state index in [1.165, 1.54) is 4.88 Å². The lowest BCUT2D eigenvalue weighted by Crippen LogP contribution is -2.53. The van der Waals surface area contributed by atoms with E-state index in [0.717, 1.165) is 37.8 Å². The summed E-state index contributed by atoms with van der Waals surface area (Å²) in [4.78, 5) is 33.1. The quantitative estimate of drug-likeness (QED) is 0.689. The van der Waals surface area contributed by atoms with E-state index in [0.29, 0.717) is 18.2 Å². The van der Waals surface area contributed by atoms with E-state index >= 15 is 0 Å². The van der Waals surface area contributed by atoms with E-state index < -0.39 is 6.10 Å². The van der Waals surface area contributed by atoms with Crippen LogP contribution in [0, 0.1) is 29.1 Å². The molecule has 6 nitrogen and oxygen atoms in total. The molecule has 1 aromatic heterocycles. The lowest BCUT2D eigenvalue weighted by molar-refractivity contribution is -0.144. The largest absolute Gasteiger partial charge is 0.392 e. The van der Waals surface area contributed by atoms with Gasteiger partial charge in [-0.15, -0.1) is 11.3 Å². The highest BCUT2D eigenvalue weighted by molar-refractivity contribution is 7.15. The summed E-state index contributed by atoms with van der Waals surface area (Å²) >= 11 is 1.60. The van der Waals surface area contributed by atoms with Crippen LogP contribution in [0.3, 0.4) is 0 Å². The Morgan fingerprint density at radius 1 is 1.29 bits per heavy atom. The smallest absolute Gasteiger partial charge is 0.229 e. The Labute approximate surface area is 189 Å². The summed E-state index contributed by atoms with van der Waals surface area (Å²) in [6.45, 7) is 11.9. The minimum Gasteiger partial charge on any atom is -0.392 e. The zero-order chi connectivity index (χ0) is 22.5. The molecule has 1 unspecified atom stereocenters. The second-order valence-corrected chi connectivity index (χ2v) is 11.3. The van der Waals surface area contributed by atoms with Gasteiger partial charge in [0.05, 0.1) is 11.8 Å². The van der Waals surface area contributed by atoms with Crippen molar-refractivity contribution >= 4 is 28.3 Å². The highest BCUT2D eigenvalue weighted by atomic mass is 32.1. The van der Waals surface area contributed by atoms with Crippen LogP contribution in [0.4, 0.5) is 5.13 Å². The summed E-state index contributed by atoms with van der Waals surface area (Å²) in [5.41, 5.74) is 1.02. The van der Waals surface area contributed by atoms with Crippen LogP contribution in [0.25, 0.3) is 0 Å². The number of hydrogen-bond donors (Lipinski definition) is 2. The van der Waals surface area contributed by atoms with E-state index in [2.05, 4.69) is 19.2 Å². The topological polar surface area (TPSA) is 82.5 Å². The Hall–Kier alpha value is -1.47. The molecule has 0 aliphatic heterocycles. The summed E-state index contributed by atoms with van der Waals surface area (Å²) in [5.74, 6) is 0.363. The van der Waals surface area contributed by atoms with Crippen molar-refractivity contribution < 1.29 is 14.7 Å². The predicted octanol–water partition coefficient (Wildman–Crippen LogP) is 4.05. The molecule has 0 spiro atoms. The van der Waals surface area contributed by atoms with Crippen molar-refractivity contribution in [3.05, 3.63) is 10.6 Å². The number of aliphatic hydroxyl groups excluding tert-OH is 1. The first-order valence-corrected chi connectivity index (χ1v) is 12.8. The van der Waals surface area contributed by atoms with Gasteiger partial charge in [0.15, 0.2) is 5.13 Å². The van der Waals surface area contributed by atoms with Gasteiger partial charge in [-0.25, -0.2) is 4.98 Å². The van der Waals surface area contributed by atoms with E-state index in [4.69, 9.17) is 4.98 Å². The maximum atomic E-state index is 13.0. The molecule has 3 aliphatic rings. The molecule has 1 heterocycles. The Morgan fingerprint density at radius 3 is 2.58 bits per heavy atom. The fourth-order valence-corrected chi connectivity index (χ4v) is 7.43. The van der Waals surface area contributed by atoms with Crippen LogP contribution >= 0.6 is 11.3 Å². The van der Waals surface area contributed by atoms with Crippen molar-refractivity contribution in [3.8, 4) is 0 Å². The van der Waals surface area contributed by atoms with Crippen LogP contribution in [0.2, 0.25) is 0 Å². The van der Waals surface area contributed by atoms with Gasteiger partial charge in [0.2, 0.25) is 11.8 Å². The number of fused-ring (bicyclic) bond motifs is 2. The van der Waals surface area contributed by atoms with E-state index in [1.807, 2.05) is 25.7 Å². The summed E-state index contributed by atoms with van der Waals surface area (Å²) in [7, 11) is 0. The van der Waals surface area contributed by atoms with Gasteiger partial charge in [-0.2, -0.15) is 0 Å². The summed E-state index contributed by atoms with van der Waals surface area (Å²) in [6, 6.07) is 0. The number of thiazole rings is 1. The van der Waals surface area contributed by atoms with Gasteiger partial charge in [-0.3, -0.25) is 9.59 Å². The molecular weight excluding hydrogens is 410 g/mol. The molecule has 0 saturated heterocycles. The highest BCUT2D eigenvalue weighted by Crippen LogP contribution is 2.57. The Morgan fingerprint density at radius 2 is 1.97 bits per heavy atom. The zero-order valence-corrected chi connectivity index (χ0v) is 20.3. The average molecular weight is 448 g/mol. The van der Waals surface area contributed by atoms with Gasteiger partial charge >= 0.3 is 0 Å². The number of aromatic nitrogens is 1. The zero-order valence-electron chi connectivity index (χ0n) is 19.5. The molecule has 0 bridgehead atoms. The number of carbonyl (C=O) groups excluding carboxylic acids is 2. The molecule has 0 radical (unpaired) electrons. The number of hydrogen-bond acceptors (Lipinski definition) is 5. The molecular formula is C24H37N3O3S. The SMILES string of the molecule is CCN(CC)C(=O)[C@@H](C)C1CC[C@@]2(C)Cc3sc(NC(=O)C4CC4)nc3[C@@H](C)[C@@H]2[C@H]1O. The van der Waals surface area contributed by atoms with E-state index in [1.54, 1.807) is 11.3 Å². The average Bonchev–Trinajstić information content (AvgIpc) is 3.50. The molecule has 0 aromatic carbocycles. The molecule has 4 rings (SSSR count). The molecule has 6 atom stereocenters. The third-order valence-electron chi connectivity index (χ3n) is 8.21. The number of anilines is 1. The van der Waals surface area contributed by atoms with Gasteiger partial charge in [0.25, 0.3) is 0 Å². The number of nitrogens with zero attached hydrogens (tertiary/aromatic N) is 2. The first-order valence-electron chi connectivity index (χ1n) is 12.0. The minimum absolute atomic E-state index is 0.00932. The third-order valence-corrected chi connectivity index (χ3v) is 9.19. The van der Waals surface area contributed by atoms with Gasteiger partial charge in [-0.05, 0) is 63.2 Å². The molecule has 3 aliphatic carbocycles. The summed E-state index contributed by atoms with van der Waals surface area (Å²) < 4.78 is 0. The molecule has 2 N–H and O–H groups in total. The van der Waals surface area contributed by atoms with Crippen molar-refractivity contribution in [1.82, 2.24) is 9.88 Å². The second kappa shape index (κ2) is 8.47. The standard InChI is InChI=1S/C24H37N3O3S/c1-6-27(7-2)22(30)13(3)16-10-11-24(5)12-17-19(14(4)18(24)20(16)28)25-23(31-17)26-21(29)15-8-9-15/h13-16,18,20,28H,6-12H2,1-5H3,(H,25,26,29)/t13-,14-,16?,18+,20-,24-/m0/s1. The van der Waals surface area contributed by atoms with Crippen molar-refractivity contribution in [3.63, 3.8) is 0 Å². The number of rotatable bonds is 6. The second-order valence-electron chi connectivity index (χ2n) is 10.2. The molecule has 31 heavy (non-hydrogen) atoms.